The number of amidine groups is 1. The summed E-state index contributed by atoms with van der Waals surface area (Å²) in [5.41, 5.74) is 5.72. The minimum Gasteiger partial charge on any atom is -0.484 e. The highest BCUT2D eigenvalue weighted by Gasteiger charge is 2.37. The molecule has 152 valence electrons. The van der Waals surface area contributed by atoms with Crippen LogP contribution in [0.2, 0.25) is 0 Å². The normalized spacial score (nSPS) is 16.9. The number of anilines is 1. The van der Waals surface area contributed by atoms with Gasteiger partial charge in [-0.25, -0.2) is 14.4 Å². The van der Waals surface area contributed by atoms with Gasteiger partial charge in [-0.15, -0.1) is 0 Å². The third-order valence-corrected chi connectivity index (χ3v) is 4.39. The van der Waals surface area contributed by atoms with Crippen molar-refractivity contribution in [3.05, 3.63) is 47.3 Å². The first-order valence-corrected chi connectivity index (χ1v) is 8.46. The van der Waals surface area contributed by atoms with Gasteiger partial charge in [0.05, 0.1) is 6.54 Å². The number of hydrogen-bond acceptors (Lipinski definition) is 6. The van der Waals surface area contributed by atoms with Gasteiger partial charge in [-0.3, -0.25) is 10.3 Å². The Morgan fingerprint density at radius 1 is 1.31 bits per heavy atom. The summed E-state index contributed by atoms with van der Waals surface area (Å²) in [5.74, 6) is -2.97. The molecule has 29 heavy (non-hydrogen) atoms. The Morgan fingerprint density at radius 3 is 2.52 bits per heavy atom. The smallest absolute Gasteiger partial charge is 0.414 e. The molecule has 0 radical (unpaired) electrons. The number of nitrogens with zero attached hydrogens (tertiary/aromatic N) is 1. The molecule has 1 aromatic heterocycles. The van der Waals surface area contributed by atoms with Gasteiger partial charge in [0.1, 0.15) is 17.6 Å². The topological polar surface area (TPSA) is 179 Å². The molecule has 3 rings (SSSR count). The zero-order chi connectivity index (χ0) is 21.3. The number of H-pyrrole nitrogens is 1. The summed E-state index contributed by atoms with van der Waals surface area (Å²) < 4.78 is 10.9. The number of aromatic nitrogens is 1. The van der Waals surface area contributed by atoms with E-state index in [1.165, 1.54) is 4.90 Å². The van der Waals surface area contributed by atoms with Gasteiger partial charge in [0.25, 0.3) is 0 Å². The molecule has 0 spiro atoms. The monoisotopic (exact) mass is 402 g/mol. The molecular formula is C18H18N4O7. The number of aromatic amines is 1. The fourth-order valence-corrected chi connectivity index (χ4v) is 2.84. The molecule has 1 aliphatic heterocycles. The Labute approximate surface area is 164 Å². The highest BCUT2D eigenvalue weighted by Crippen LogP contribution is 2.27. The van der Waals surface area contributed by atoms with Crippen LogP contribution in [0.4, 0.5) is 10.5 Å². The Bertz CT molecular complexity index is 983. The minimum absolute atomic E-state index is 0.0954. The lowest BCUT2D eigenvalue weighted by atomic mass is 10.1. The summed E-state index contributed by atoms with van der Waals surface area (Å²) in [6.07, 6.45) is -2.09. The predicted molar refractivity (Wildman–Crippen MR) is 99.9 cm³/mol. The van der Waals surface area contributed by atoms with Crippen LogP contribution in [0.5, 0.6) is 5.75 Å². The van der Waals surface area contributed by atoms with Gasteiger partial charge in [0.15, 0.2) is 17.5 Å². The molecule has 11 heteroatoms. The quantitative estimate of drug-likeness (QED) is 0.341. The number of amides is 1. The van der Waals surface area contributed by atoms with Crippen molar-refractivity contribution in [3.63, 3.8) is 0 Å². The van der Waals surface area contributed by atoms with E-state index < -0.39 is 35.9 Å². The average Bonchev–Trinajstić information content (AvgIpc) is 3.26. The number of carboxylic acids is 2. The Hall–Kier alpha value is -4.02. The molecule has 6 N–H and O–H groups in total. The van der Waals surface area contributed by atoms with Crippen molar-refractivity contribution in [2.24, 2.45) is 5.73 Å². The Balaban J connectivity index is 1.74. The molecule has 2 unspecified atom stereocenters. The van der Waals surface area contributed by atoms with E-state index in [0.29, 0.717) is 11.3 Å². The van der Waals surface area contributed by atoms with E-state index in [2.05, 4.69) is 4.98 Å². The summed E-state index contributed by atoms with van der Waals surface area (Å²) in [7, 11) is 0. The number of hydrogen-bond donors (Lipinski definition) is 5. The van der Waals surface area contributed by atoms with Crippen molar-refractivity contribution in [3.8, 4) is 5.75 Å². The number of nitrogen functional groups attached to an aromatic ring is 1. The lowest BCUT2D eigenvalue weighted by Crippen LogP contribution is -2.33. The second-order valence-corrected chi connectivity index (χ2v) is 6.35. The number of nitrogens with two attached hydrogens (primary N) is 1. The fourth-order valence-electron chi connectivity index (χ4n) is 2.84. The molecule has 2 heterocycles. The first-order chi connectivity index (χ1) is 13.7. The van der Waals surface area contributed by atoms with Crippen molar-refractivity contribution in [1.82, 2.24) is 4.98 Å². The number of nitrogens with one attached hydrogen (secondary N) is 2. The number of carbonyl (C=O) groups excluding carboxylic acids is 1. The molecule has 1 saturated heterocycles. The molecule has 0 saturated carbocycles. The molecule has 1 aliphatic rings. The predicted octanol–water partition coefficient (Wildman–Crippen LogP) is 1.49. The lowest BCUT2D eigenvalue weighted by Gasteiger charge is -2.19. The van der Waals surface area contributed by atoms with E-state index in [4.69, 9.17) is 25.7 Å². The summed E-state index contributed by atoms with van der Waals surface area (Å²) in [5, 5.41) is 25.6. The fraction of sp³-hybridized carbons (Fsp3) is 0.222. The van der Waals surface area contributed by atoms with Crippen LogP contribution in [0, 0.1) is 5.41 Å². The first-order valence-electron chi connectivity index (χ1n) is 8.46. The van der Waals surface area contributed by atoms with Crippen LogP contribution in [-0.2, 0) is 4.74 Å². The zero-order valence-electron chi connectivity index (χ0n) is 15.2. The van der Waals surface area contributed by atoms with E-state index >= 15 is 0 Å². The van der Waals surface area contributed by atoms with E-state index in [9.17, 15) is 19.5 Å². The maximum Gasteiger partial charge on any atom is 0.414 e. The van der Waals surface area contributed by atoms with Crippen LogP contribution in [-0.4, -0.2) is 57.8 Å². The Morgan fingerprint density at radius 2 is 1.97 bits per heavy atom. The van der Waals surface area contributed by atoms with Crippen LogP contribution in [0.1, 0.15) is 33.5 Å². The number of cyclic esters (lactones) is 1. The van der Waals surface area contributed by atoms with Crippen molar-refractivity contribution in [1.29, 1.82) is 5.41 Å². The van der Waals surface area contributed by atoms with E-state index in [1.807, 2.05) is 0 Å². The maximum absolute atomic E-state index is 12.2. The average molecular weight is 402 g/mol. The second-order valence-electron chi connectivity index (χ2n) is 6.35. The number of rotatable bonds is 7. The van der Waals surface area contributed by atoms with Crippen molar-refractivity contribution >= 4 is 29.6 Å². The highest BCUT2D eigenvalue weighted by molar-refractivity contribution is 5.96. The number of ether oxygens (including phenoxy) is 2. The number of carboxylic acid groups (broad SMARTS) is 2. The third-order valence-electron chi connectivity index (χ3n) is 4.39. The number of benzene rings is 1. The van der Waals surface area contributed by atoms with Crippen LogP contribution in [0.3, 0.4) is 0 Å². The summed E-state index contributed by atoms with van der Waals surface area (Å²) in [6.45, 7) is 1.72. The molecule has 0 bridgehead atoms. The largest absolute Gasteiger partial charge is 0.484 e. The maximum atomic E-state index is 12.2. The van der Waals surface area contributed by atoms with Gasteiger partial charge in [-0.2, -0.15) is 0 Å². The van der Waals surface area contributed by atoms with Gasteiger partial charge in [0.2, 0.25) is 0 Å². The summed E-state index contributed by atoms with van der Waals surface area (Å²) in [4.78, 5) is 38.2. The van der Waals surface area contributed by atoms with Crippen LogP contribution >= 0.6 is 0 Å². The molecule has 1 amide bonds. The summed E-state index contributed by atoms with van der Waals surface area (Å²) in [6, 6.07) is 7.52. The van der Waals surface area contributed by atoms with Crippen molar-refractivity contribution in [2.45, 2.75) is 19.1 Å². The molecule has 2 aromatic rings. The van der Waals surface area contributed by atoms with Crippen molar-refractivity contribution < 1.29 is 34.1 Å². The van der Waals surface area contributed by atoms with Gasteiger partial charge in [0, 0.05) is 17.3 Å². The first kappa shape index (κ1) is 19.7. The molecular weight excluding hydrogens is 384 g/mol. The number of aromatic carboxylic acids is 2. The van der Waals surface area contributed by atoms with Gasteiger partial charge < -0.3 is 30.4 Å². The summed E-state index contributed by atoms with van der Waals surface area (Å²) >= 11 is 0. The molecule has 1 fully saturated rings. The third kappa shape index (κ3) is 3.98. The second kappa shape index (κ2) is 7.54. The number of carbonyl (C=O) groups is 3. The Kier molecular flexibility index (Phi) is 5.13. The van der Waals surface area contributed by atoms with Gasteiger partial charge in [-0.1, -0.05) is 0 Å². The van der Waals surface area contributed by atoms with Crippen molar-refractivity contribution in [2.75, 3.05) is 11.4 Å². The molecule has 1 aromatic carbocycles. The zero-order valence-corrected chi connectivity index (χ0v) is 15.2. The standard InChI is InChI=1S/C18H18N4O7/c1-8(28-12-6-11(16(23)24)21-14(12)17(25)26)13-7-22(18(27)29-13)10-4-2-9(3-5-10)15(19)20/h2-6,8,13,21H,7H2,1H3,(H3,19,20)(H,23,24)(H,25,26). The molecule has 2 atom stereocenters. The minimum atomic E-state index is -1.38. The SMILES string of the molecule is CC(Oc1cc(C(=O)O)[nH]c1C(=O)O)C1CN(c2ccc(C(=N)N)cc2)C(=O)O1. The molecule has 11 nitrogen and oxygen atoms in total. The van der Waals surface area contributed by atoms with E-state index in [1.54, 1.807) is 31.2 Å². The van der Waals surface area contributed by atoms with Crippen LogP contribution in [0.25, 0.3) is 0 Å². The van der Waals surface area contributed by atoms with Crippen LogP contribution in [0.15, 0.2) is 30.3 Å². The molecule has 0 aliphatic carbocycles. The van der Waals surface area contributed by atoms with Crippen LogP contribution < -0.4 is 15.4 Å². The van der Waals surface area contributed by atoms with Gasteiger partial charge >= 0.3 is 18.0 Å². The van der Waals surface area contributed by atoms with E-state index in [0.717, 1.165) is 6.07 Å². The highest BCUT2D eigenvalue weighted by atomic mass is 16.6. The lowest BCUT2D eigenvalue weighted by molar-refractivity contribution is 0.0543. The van der Waals surface area contributed by atoms with E-state index in [-0.39, 0.29) is 23.8 Å². The van der Waals surface area contributed by atoms with Gasteiger partial charge in [-0.05, 0) is 31.2 Å².